The molecule has 3 aromatic heterocycles. The topological polar surface area (TPSA) is 43.6 Å². The van der Waals surface area contributed by atoms with Crippen LogP contribution in [0.15, 0.2) is 17.5 Å². The van der Waals surface area contributed by atoms with Crippen LogP contribution in [0.4, 0.5) is 0 Å². The number of nitrogens with zero attached hydrogens (tertiary/aromatic N) is 4. The number of hydrogen-bond donors (Lipinski definition) is 0. The van der Waals surface area contributed by atoms with Crippen LogP contribution in [0.5, 0.6) is 0 Å². The predicted molar refractivity (Wildman–Crippen MR) is 82.6 cm³/mol. The lowest BCUT2D eigenvalue weighted by atomic mass is 10.3. The molecule has 0 spiro atoms. The number of rotatable bonds is 4. The number of halogens is 1. The third-order valence-corrected chi connectivity index (χ3v) is 4.13. The Kier molecular flexibility index (Phi) is 3.72. The van der Waals surface area contributed by atoms with Crippen molar-refractivity contribution in [3.63, 3.8) is 0 Å². The molecule has 0 unspecified atom stereocenters. The second kappa shape index (κ2) is 5.50. The second-order valence-electron chi connectivity index (χ2n) is 4.71. The molecule has 0 aromatic carbocycles. The summed E-state index contributed by atoms with van der Waals surface area (Å²) < 4.78 is 2.12. The highest BCUT2D eigenvalue weighted by Gasteiger charge is 2.13. The predicted octanol–water partition coefficient (Wildman–Crippen LogP) is 3.33. The van der Waals surface area contributed by atoms with E-state index in [1.54, 1.807) is 11.3 Å². The molecular weight excluding hydrogens is 292 g/mol. The molecule has 0 aliphatic carbocycles. The molecule has 0 saturated carbocycles. The van der Waals surface area contributed by atoms with Crippen LogP contribution in [-0.4, -0.2) is 25.4 Å². The van der Waals surface area contributed by atoms with Gasteiger partial charge in [-0.05, 0) is 26.0 Å². The van der Waals surface area contributed by atoms with Crippen molar-refractivity contribution in [2.45, 2.75) is 26.8 Å². The molecule has 0 aliphatic heterocycles. The van der Waals surface area contributed by atoms with Gasteiger partial charge in [0.05, 0.1) is 17.2 Å². The number of imidazole rings is 1. The largest absolute Gasteiger partial charge is 0.307 e. The van der Waals surface area contributed by atoms with Gasteiger partial charge < -0.3 is 4.57 Å². The molecule has 104 valence electrons. The molecule has 0 atom stereocenters. The van der Waals surface area contributed by atoms with Crippen molar-refractivity contribution in [1.82, 2.24) is 19.5 Å². The number of pyridine rings is 1. The molecule has 0 fully saturated rings. The Hall–Kier alpha value is -1.46. The number of aryl methyl sites for hydroxylation is 3. The first kappa shape index (κ1) is 13.5. The number of hydrogen-bond acceptors (Lipinski definition) is 4. The lowest BCUT2D eigenvalue weighted by Gasteiger charge is -2.06. The summed E-state index contributed by atoms with van der Waals surface area (Å²) in [7, 11) is 0. The Labute approximate surface area is 126 Å². The molecule has 3 rings (SSSR count). The zero-order valence-electron chi connectivity index (χ0n) is 11.4. The Morgan fingerprint density at radius 1 is 1.20 bits per heavy atom. The van der Waals surface area contributed by atoms with Crippen LogP contribution in [0, 0.1) is 13.8 Å². The number of alkyl halides is 1. The summed E-state index contributed by atoms with van der Waals surface area (Å²) in [5.74, 6) is 1.53. The maximum Gasteiger partial charge on any atom is 0.160 e. The Morgan fingerprint density at radius 3 is 2.75 bits per heavy atom. The van der Waals surface area contributed by atoms with E-state index in [-0.39, 0.29) is 0 Å². The molecule has 0 N–H and O–H groups in total. The normalized spacial score (nSPS) is 11.3. The van der Waals surface area contributed by atoms with Crippen LogP contribution in [0.1, 0.15) is 22.2 Å². The Morgan fingerprint density at radius 2 is 2.05 bits per heavy atom. The minimum atomic E-state index is 0.554. The van der Waals surface area contributed by atoms with Gasteiger partial charge in [-0.15, -0.1) is 22.9 Å². The molecule has 0 aliphatic rings. The Bertz CT molecular complexity index is 747. The van der Waals surface area contributed by atoms with Gasteiger partial charge in [0.1, 0.15) is 11.3 Å². The van der Waals surface area contributed by atoms with E-state index in [4.69, 9.17) is 11.6 Å². The van der Waals surface area contributed by atoms with Gasteiger partial charge in [-0.2, -0.15) is 0 Å². The third kappa shape index (κ3) is 2.55. The number of aromatic nitrogens is 4. The van der Waals surface area contributed by atoms with Crippen molar-refractivity contribution in [3.8, 4) is 0 Å². The van der Waals surface area contributed by atoms with Gasteiger partial charge >= 0.3 is 0 Å². The van der Waals surface area contributed by atoms with Gasteiger partial charge in [0.25, 0.3) is 0 Å². The molecule has 0 bridgehead atoms. The van der Waals surface area contributed by atoms with Gasteiger partial charge in [-0.3, -0.25) is 0 Å². The molecule has 3 aromatic rings. The van der Waals surface area contributed by atoms with E-state index in [0.717, 1.165) is 39.8 Å². The molecule has 0 saturated heterocycles. The van der Waals surface area contributed by atoms with Crippen LogP contribution in [0.25, 0.3) is 11.2 Å². The van der Waals surface area contributed by atoms with E-state index in [1.807, 2.05) is 26.0 Å². The van der Waals surface area contributed by atoms with E-state index in [2.05, 4.69) is 24.9 Å². The molecule has 20 heavy (non-hydrogen) atoms. The number of thiazole rings is 1. The van der Waals surface area contributed by atoms with Crippen molar-refractivity contribution in [1.29, 1.82) is 0 Å². The maximum absolute atomic E-state index is 5.89. The van der Waals surface area contributed by atoms with Crippen LogP contribution >= 0.6 is 22.9 Å². The minimum Gasteiger partial charge on any atom is -0.307 e. The first-order valence-electron chi connectivity index (χ1n) is 6.47. The van der Waals surface area contributed by atoms with Crippen molar-refractivity contribution >= 4 is 34.1 Å². The summed E-state index contributed by atoms with van der Waals surface area (Å²) in [4.78, 5) is 13.8. The fourth-order valence-electron chi connectivity index (χ4n) is 2.23. The highest BCUT2D eigenvalue weighted by atomic mass is 35.5. The van der Waals surface area contributed by atoms with Crippen LogP contribution in [-0.2, 0) is 13.0 Å². The smallest absolute Gasteiger partial charge is 0.160 e. The Balaban J connectivity index is 2.09. The summed E-state index contributed by atoms with van der Waals surface area (Å²) in [6, 6.07) is 4.00. The first-order chi connectivity index (χ1) is 9.67. The minimum absolute atomic E-state index is 0.554. The molecule has 4 nitrogen and oxygen atoms in total. The maximum atomic E-state index is 5.89. The summed E-state index contributed by atoms with van der Waals surface area (Å²) in [5.41, 5.74) is 3.87. The molecule has 0 amide bonds. The molecule has 0 radical (unpaired) electrons. The van der Waals surface area contributed by atoms with Crippen molar-refractivity contribution in [3.05, 3.63) is 39.7 Å². The monoisotopic (exact) mass is 306 g/mol. The second-order valence-corrected chi connectivity index (χ2v) is 6.15. The van der Waals surface area contributed by atoms with Gasteiger partial charge in [0.15, 0.2) is 5.65 Å². The average molecular weight is 307 g/mol. The fraction of sp³-hybridized carbons (Fsp3) is 0.357. The highest BCUT2D eigenvalue weighted by molar-refractivity contribution is 7.09. The summed E-state index contributed by atoms with van der Waals surface area (Å²) in [6.45, 7) is 4.71. The van der Waals surface area contributed by atoms with E-state index in [0.29, 0.717) is 12.4 Å². The summed E-state index contributed by atoms with van der Waals surface area (Å²) in [5, 5.41) is 3.16. The highest BCUT2D eigenvalue weighted by Crippen LogP contribution is 2.18. The van der Waals surface area contributed by atoms with E-state index < -0.39 is 0 Å². The molecule has 6 heteroatoms. The zero-order valence-corrected chi connectivity index (χ0v) is 13.0. The van der Waals surface area contributed by atoms with Crippen LogP contribution in [0.2, 0.25) is 0 Å². The summed E-state index contributed by atoms with van der Waals surface area (Å²) in [6.07, 6.45) is 0.736. The lowest BCUT2D eigenvalue weighted by molar-refractivity contribution is 0.733. The molecule has 3 heterocycles. The first-order valence-corrected chi connectivity index (χ1v) is 7.88. The standard InChI is InChI=1S/C14H15ClN4S/c1-9-3-4-12-14(16-9)19(13(18-12)5-6-15)7-11-8-20-10(2)17-11/h3-4,8H,5-7H2,1-2H3. The van der Waals surface area contributed by atoms with E-state index in [9.17, 15) is 0 Å². The van der Waals surface area contributed by atoms with Crippen molar-refractivity contribution in [2.24, 2.45) is 0 Å². The zero-order chi connectivity index (χ0) is 14.1. The van der Waals surface area contributed by atoms with E-state index in [1.165, 1.54) is 0 Å². The third-order valence-electron chi connectivity index (χ3n) is 3.12. The fourth-order valence-corrected chi connectivity index (χ4v) is 3.00. The summed E-state index contributed by atoms with van der Waals surface area (Å²) >= 11 is 7.55. The quantitative estimate of drug-likeness (QED) is 0.694. The van der Waals surface area contributed by atoms with E-state index >= 15 is 0 Å². The molecular formula is C14H15ClN4S. The van der Waals surface area contributed by atoms with Gasteiger partial charge in [-0.25, -0.2) is 15.0 Å². The van der Waals surface area contributed by atoms with Gasteiger partial charge in [0, 0.05) is 23.4 Å². The van der Waals surface area contributed by atoms with Crippen molar-refractivity contribution in [2.75, 3.05) is 5.88 Å². The van der Waals surface area contributed by atoms with Crippen LogP contribution < -0.4 is 0 Å². The van der Waals surface area contributed by atoms with Crippen LogP contribution in [0.3, 0.4) is 0 Å². The number of fused-ring (bicyclic) bond motifs is 1. The van der Waals surface area contributed by atoms with Gasteiger partial charge in [-0.1, -0.05) is 0 Å². The van der Waals surface area contributed by atoms with Crippen molar-refractivity contribution < 1.29 is 0 Å². The average Bonchev–Trinajstić information content (AvgIpc) is 2.96. The lowest BCUT2D eigenvalue weighted by Crippen LogP contribution is -2.07. The van der Waals surface area contributed by atoms with Gasteiger partial charge in [0.2, 0.25) is 0 Å². The SMILES string of the molecule is Cc1ccc2nc(CCCl)n(Cc3csc(C)n3)c2n1.